The number of nitrogens with zero attached hydrogens (tertiary/aromatic N) is 1. The molecular weight excluding hydrogens is 200 g/mol. The number of nitrogens with two attached hydrogens (primary N) is 1. The Morgan fingerprint density at radius 1 is 1.38 bits per heavy atom. The van der Waals surface area contributed by atoms with E-state index in [0.717, 1.165) is 6.54 Å². The molecule has 90 valence electrons. The summed E-state index contributed by atoms with van der Waals surface area (Å²) < 4.78 is 0. The highest BCUT2D eigenvalue weighted by atomic mass is 16.3. The van der Waals surface area contributed by atoms with Crippen molar-refractivity contribution in [2.75, 3.05) is 13.7 Å². The van der Waals surface area contributed by atoms with Crippen LogP contribution in [0.3, 0.4) is 0 Å². The van der Waals surface area contributed by atoms with Crippen molar-refractivity contribution in [3.05, 3.63) is 35.4 Å². The smallest absolute Gasteiger partial charge is 0.0601 e. The lowest BCUT2D eigenvalue weighted by molar-refractivity contribution is 0.125. The molecule has 1 rings (SSSR count). The summed E-state index contributed by atoms with van der Waals surface area (Å²) in [6, 6.07) is 8.27. The lowest BCUT2D eigenvalue weighted by Gasteiger charge is -2.29. The minimum atomic E-state index is -0.0287. The van der Waals surface area contributed by atoms with Crippen molar-refractivity contribution in [3.63, 3.8) is 0 Å². The standard InChI is InChI=1S/C13H22N2O/c1-10-6-4-5-7-12(10)8-15(3)13(9-16)11(2)14/h4-7,11,13,16H,8-9,14H2,1-3H3. The zero-order valence-electron chi connectivity index (χ0n) is 10.4. The van der Waals surface area contributed by atoms with Gasteiger partial charge in [-0.15, -0.1) is 0 Å². The first-order valence-corrected chi connectivity index (χ1v) is 5.67. The summed E-state index contributed by atoms with van der Waals surface area (Å²) in [5, 5.41) is 9.29. The fraction of sp³-hybridized carbons (Fsp3) is 0.538. The molecule has 1 aromatic rings. The Labute approximate surface area is 97.9 Å². The van der Waals surface area contributed by atoms with E-state index in [1.165, 1.54) is 11.1 Å². The van der Waals surface area contributed by atoms with Gasteiger partial charge in [-0.05, 0) is 32.0 Å². The Morgan fingerprint density at radius 2 is 2.00 bits per heavy atom. The van der Waals surface area contributed by atoms with Gasteiger partial charge in [-0.1, -0.05) is 24.3 Å². The second-order valence-corrected chi connectivity index (χ2v) is 4.45. The van der Waals surface area contributed by atoms with Crippen LogP contribution < -0.4 is 5.73 Å². The maximum atomic E-state index is 9.29. The molecule has 0 saturated carbocycles. The first-order valence-electron chi connectivity index (χ1n) is 5.67. The van der Waals surface area contributed by atoms with E-state index in [4.69, 9.17) is 5.73 Å². The van der Waals surface area contributed by atoms with Gasteiger partial charge in [0.15, 0.2) is 0 Å². The van der Waals surface area contributed by atoms with Crippen LogP contribution in [-0.4, -0.2) is 35.7 Å². The molecular formula is C13H22N2O. The van der Waals surface area contributed by atoms with Crippen molar-refractivity contribution in [1.82, 2.24) is 4.90 Å². The summed E-state index contributed by atoms with van der Waals surface area (Å²) in [5.74, 6) is 0. The Kier molecular flexibility index (Phi) is 4.93. The number of aryl methyl sites for hydroxylation is 1. The summed E-state index contributed by atoms with van der Waals surface area (Å²) in [5.41, 5.74) is 8.39. The highest BCUT2D eigenvalue weighted by molar-refractivity contribution is 5.25. The second kappa shape index (κ2) is 5.99. The van der Waals surface area contributed by atoms with Crippen LogP contribution in [0.15, 0.2) is 24.3 Å². The molecule has 0 aliphatic carbocycles. The molecule has 2 unspecified atom stereocenters. The molecule has 0 amide bonds. The summed E-state index contributed by atoms with van der Waals surface area (Å²) in [4.78, 5) is 2.10. The Hall–Kier alpha value is -0.900. The number of likely N-dealkylation sites (N-methyl/N-ethyl adjacent to an activating group) is 1. The normalized spacial score (nSPS) is 15.1. The molecule has 0 heterocycles. The van der Waals surface area contributed by atoms with Crippen LogP contribution in [0.2, 0.25) is 0 Å². The average Bonchev–Trinajstić information content (AvgIpc) is 2.22. The number of aliphatic hydroxyl groups excluding tert-OH is 1. The monoisotopic (exact) mass is 222 g/mol. The zero-order valence-corrected chi connectivity index (χ0v) is 10.4. The predicted octanol–water partition coefficient (Wildman–Crippen LogP) is 1.13. The minimum Gasteiger partial charge on any atom is -0.395 e. The largest absolute Gasteiger partial charge is 0.395 e. The number of aliphatic hydroxyl groups is 1. The van der Waals surface area contributed by atoms with Crippen LogP contribution >= 0.6 is 0 Å². The Balaban J connectivity index is 2.70. The van der Waals surface area contributed by atoms with Gasteiger partial charge in [0.05, 0.1) is 6.61 Å². The van der Waals surface area contributed by atoms with E-state index in [0.29, 0.717) is 0 Å². The Bertz CT molecular complexity index is 325. The molecule has 1 aromatic carbocycles. The van der Waals surface area contributed by atoms with Crippen LogP contribution in [-0.2, 0) is 6.54 Å². The third kappa shape index (κ3) is 3.30. The maximum Gasteiger partial charge on any atom is 0.0601 e. The highest BCUT2D eigenvalue weighted by Crippen LogP contribution is 2.12. The van der Waals surface area contributed by atoms with Gasteiger partial charge in [0.2, 0.25) is 0 Å². The molecule has 3 heteroatoms. The topological polar surface area (TPSA) is 49.5 Å². The summed E-state index contributed by atoms with van der Waals surface area (Å²) in [6.07, 6.45) is 0. The third-order valence-electron chi connectivity index (χ3n) is 3.04. The Morgan fingerprint density at radius 3 is 2.50 bits per heavy atom. The molecule has 0 bridgehead atoms. The first-order chi connectivity index (χ1) is 7.56. The summed E-state index contributed by atoms with van der Waals surface area (Å²) in [7, 11) is 2.00. The van der Waals surface area contributed by atoms with E-state index in [9.17, 15) is 5.11 Å². The molecule has 16 heavy (non-hydrogen) atoms. The second-order valence-electron chi connectivity index (χ2n) is 4.45. The highest BCUT2D eigenvalue weighted by Gasteiger charge is 2.18. The van der Waals surface area contributed by atoms with E-state index in [2.05, 4.69) is 24.0 Å². The molecule has 0 aliphatic heterocycles. The molecule has 0 aromatic heterocycles. The van der Waals surface area contributed by atoms with Gasteiger partial charge in [-0.25, -0.2) is 0 Å². The third-order valence-corrected chi connectivity index (χ3v) is 3.04. The van der Waals surface area contributed by atoms with Crippen LogP contribution in [0.4, 0.5) is 0 Å². The van der Waals surface area contributed by atoms with Gasteiger partial charge in [0, 0.05) is 18.6 Å². The molecule has 0 radical (unpaired) electrons. The molecule has 3 N–H and O–H groups in total. The van der Waals surface area contributed by atoms with Crippen molar-refractivity contribution >= 4 is 0 Å². The first kappa shape index (κ1) is 13.2. The lowest BCUT2D eigenvalue weighted by atomic mass is 10.1. The van der Waals surface area contributed by atoms with Crippen molar-refractivity contribution in [2.24, 2.45) is 5.73 Å². The molecule has 3 nitrogen and oxygen atoms in total. The van der Waals surface area contributed by atoms with Crippen molar-refractivity contribution in [3.8, 4) is 0 Å². The van der Waals surface area contributed by atoms with E-state index in [1.807, 2.05) is 26.1 Å². The molecule has 0 saturated heterocycles. The summed E-state index contributed by atoms with van der Waals surface area (Å²) >= 11 is 0. The van der Waals surface area contributed by atoms with Gasteiger partial charge in [0.25, 0.3) is 0 Å². The van der Waals surface area contributed by atoms with E-state index < -0.39 is 0 Å². The SMILES string of the molecule is Cc1ccccc1CN(C)C(CO)C(C)N. The number of benzene rings is 1. The van der Waals surface area contributed by atoms with Gasteiger partial charge >= 0.3 is 0 Å². The lowest BCUT2D eigenvalue weighted by Crippen LogP contribution is -2.46. The van der Waals surface area contributed by atoms with Gasteiger partial charge < -0.3 is 10.8 Å². The minimum absolute atomic E-state index is 0.0135. The van der Waals surface area contributed by atoms with Crippen molar-refractivity contribution in [2.45, 2.75) is 32.5 Å². The van der Waals surface area contributed by atoms with Gasteiger partial charge in [-0.3, -0.25) is 4.90 Å². The fourth-order valence-corrected chi connectivity index (χ4v) is 1.88. The molecule has 0 aliphatic rings. The van der Waals surface area contributed by atoms with Crippen LogP contribution in [0, 0.1) is 6.92 Å². The van der Waals surface area contributed by atoms with E-state index >= 15 is 0 Å². The maximum absolute atomic E-state index is 9.29. The zero-order chi connectivity index (χ0) is 12.1. The van der Waals surface area contributed by atoms with Crippen molar-refractivity contribution in [1.29, 1.82) is 0 Å². The van der Waals surface area contributed by atoms with Crippen LogP contribution in [0.1, 0.15) is 18.1 Å². The predicted molar refractivity (Wildman–Crippen MR) is 67.2 cm³/mol. The number of rotatable bonds is 5. The molecule has 0 spiro atoms. The van der Waals surface area contributed by atoms with E-state index in [1.54, 1.807) is 0 Å². The quantitative estimate of drug-likeness (QED) is 0.785. The van der Waals surface area contributed by atoms with Crippen LogP contribution in [0.25, 0.3) is 0 Å². The van der Waals surface area contributed by atoms with Gasteiger partial charge in [0.1, 0.15) is 0 Å². The van der Waals surface area contributed by atoms with Gasteiger partial charge in [-0.2, -0.15) is 0 Å². The van der Waals surface area contributed by atoms with Crippen LogP contribution in [0.5, 0.6) is 0 Å². The number of hydrogen-bond acceptors (Lipinski definition) is 3. The van der Waals surface area contributed by atoms with Crippen molar-refractivity contribution < 1.29 is 5.11 Å². The molecule has 0 fully saturated rings. The number of hydrogen-bond donors (Lipinski definition) is 2. The fourth-order valence-electron chi connectivity index (χ4n) is 1.88. The molecule has 2 atom stereocenters. The van der Waals surface area contributed by atoms with E-state index in [-0.39, 0.29) is 18.7 Å². The average molecular weight is 222 g/mol. The summed E-state index contributed by atoms with van der Waals surface area (Å²) in [6.45, 7) is 4.94.